The van der Waals surface area contributed by atoms with Gasteiger partial charge in [0.1, 0.15) is 13.4 Å². The van der Waals surface area contributed by atoms with E-state index in [1.54, 1.807) is 6.07 Å². The van der Waals surface area contributed by atoms with Crippen molar-refractivity contribution in [1.29, 1.82) is 0 Å². The number of alkyl halides is 3. The highest BCUT2D eigenvalue weighted by atomic mass is 127. The first-order chi connectivity index (χ1) is 14.6. The largest absolute Gasteiger partial charge is 0.435 e. The van der Waals surface area contributed by atoms with Crippen LogP contribution in [-0.4, -0.2) is 31.2 Å². The molecule has 0 bridgehead atoms. The summed E-state index contributed by atoms with van der Waals surface area (Å²) in [7, 11) is 1.32. The van der Waals surface area contributed by atoms with Crippen molar-refractivity contribution in [3.05, 3.63) is 66.7 Å². The molecule has 3 rings (SSSR count). The van der Waals surface area contributed by atoms with Gasteiger partial charge in [0.25, 0.3) is 11.5 Å². The molecule has 0 saturated carbocycles. The Labute approximate surface area is 198 Å². The quantitative estimate of drug-likeness (QED) is 0.218. The van der Waals surface area contributed by atoms with Crippen molar-refractivity contribution in [2.24, 2.45) is 10.3 Å². The van der Waals surface area contributed by atoms with Gasteiger partial charge in [0, 0.05) is 31.2 Å². The number of halogens is 6. The molecule has 12 heteroatoms. The fourth-order valence-corrected chi connectivity index (χ4v) is 4.23. The number of nitrogens with one attached hydrogen (secondary N) is 1. The van der Waals surface area contributed by atoms with E-state index in [4.69, 9.17) is 28.0 Å². The molecule has 0 saturated heterocycles. The van der Waals surface area contributed by atoms with Gasteiger partial charge in [-0.15, -0.1) is 0 Å². The SMILES string of the molecule is CON=CNC(=O)c1ccc(C2=NOC(c3cc(Cl)cc(Cl)c3)(C(F)(F)F)C2)cc1I. The van der Waals surface area contributed by atoms with Crippen LogP contribution in [0.3, 0.4) is 0 Å². The number of nitrogens with zero attached hydrogens (tertiary/aromatic N) is 2. The molecule has 0 aliphatic carbocycles. The maximum absolute atomic E-state index is 14.1. The third-order valence-electron chi connectivity index (χ3n) is 4.42. The smallest absolute Gasteiger partial charge is 0.398 e. The van der Waals surface area contributed by atoms with Gasteiger partial charge in [-0.3, -0.25) is 4.79 Å². The first-order valence-electron chi connectivity index (χ1n) is 8.51. The molecule has 1 heterocycles. The third-order valence-corrected chi connectivity index (χ3v) is 5.74. The van der Waals surface area contributed by atoms with E-state index in [1.165, 1.54) is 25.3 Å². The monoisotopic (exact) mass is 585 g/mol. The minimum absolute atomic E-state index is 0.0464. The molecule has 1 atom stereocenters. The zero-order valence-electron chi connectivity index (χ0n) is 15.6. The van der Waals surface area contributed by atoms with Crippen LogP contribution in [0, 0.1) is 3.57 Å². The highest BCUT2D eigenvalue weighted by Crippen LogP contribution is 2.49. The molecule has 0 spiro atoms. The van der Waals surface area contributed by atoms with Crippen LogP contribution >= 0.6 is 45.8 Å². The number of hydrogen-bond donors (Lipinski definition) is 1. The summed E-state index contributed by atoms with van der Waals surface area (Å²) in [5.74, 6) is -0.459. The number of rotatable bonds is 5. The van der Waals surface area contributed by atoms with Crippen LogP contribution in [0.5, 0.6) is 0 Å². The van der Waals surface area contributed by atoms with E-state index in [-0.39, 0.29) is 21.3 Å². The molecule has 0 aromatic heterocycles. The Morgan fingerprint density at radius 3 is 2.55 bits per heavy atom. The van der Waals surface area contributed by atoms with E-state index in [0.29, 0.717) is 14.7 Å². The summed E-state index contributed by atoms with van der Waals surface area (Å²) in [6.07, 6.45) is -4.30. The van der Waals surface area contributed by atoms with Crippen molar-refractivity contribution in [3.63, 3.8) is 0 Å². The lowest BCUT2D eigenvalue weighted by atomic mass is 9.86. The maximum atomic E-state index is 14.1. The normalized spacial score (nSPS) is 18.6. The zero-order chi connectivity index (χ0) is 22.8. The Bertz CT molecular complexity index is 1060. The van der Waals surface area contributed by atoms with Gasteiger partial charge in [0.15, 0.2) is 0 Å². The lowest BCUT2D eigenvalue weighted by Crippen LogP contribution is -2.42. The van der Waals surface area contributed by atoms with E-state index in [2.05, 4.69) is 20.5 Å². The van der Waals surface area contributed by atoms with Crippen LogP contribution in [0.4, 0.5) is 13.2 Å². The molecule has 1 N–H and O–H groups in total. The summed E-state index contributed by atoms with van der Waals surface area (Å²) < 4.78 is 42.8. The van der Waals surface area contributed by atoms with E-state index < -0.39 is 24.1 Å². The van der Waals surface area contributed by atoms with Crippen LogP contribution in [0.2, 0.25) is 10.0 Å². The lowest BCUT2D eigenvalue weighted by Gasteiger charge is -2.29. The van der Waals surface area contributed by atoms with Crippen molar-refractivity contribution in [3.8, 4) is 0 Å². The first kappa shape index (κ1) is 23.6. The second kappa shape index (κ2) is 9.21. The van der Waals surface area contributed by atoms with Crippen molar-refractivity contribution >= 4 is 63.8 Å². The average Bonchev–Trinajstić information content (AvgIpc) is 3.14. The third kappa shape index (κ3) is 4.90. The van der Waals surface area contributed by atoms with Gasteiger partial charge in [0.05, 0.1) is 11.3 Å². The lowest BCUT2D eigenvalue weighted by molar-refractivity contribution is -0.275. The predicted molar refractivity (Wildman–Crippen MR) is 119 cm³/mol. The summed E-state index contributed by atoms with van der Waals surface area (Å²) >= 11 is 13.7. The first-order valence-corrected chi connectivity index (χ1v) is 10.3. The zero-order valence-corrected chi connectivity index (χ0v) is 19.3. The molecule has 0 fully saturated rings. The van der Waals surface area contributed by atoms with Crippen molar-refractivity contribution in [2.45, 2.75) is 18.2 Å². The van der Waals surface area contributed by atoms with Crippen molar-refractivity contribution < 1.29 is 27.6 Å². The Hall–Kier alpha value is -2.05. The number of hydrogen-bond acceptors (Lipinski definition) is 5. The summed E-state index contributed by atoms with van der Waals surface area (Å²) in [5.41, 5.74) is -2.23. The second-order valence-electron chi connectivity index (χ2n) is 6.37. The number of carbonyl (C=O) groups excluding carboxylic acids is 1. The molecule has 2 aromatic carbocycles. The van der Waals surface area contributed by atoms with Crippen LogP contribution in [0.1, 0.15) is 27.9 Å². The van der Waals surface area contributed by atoms with Gasteiger partial charge < -0.3 is 15.0 Å². The summed E-state index contributed by atoms with van der Waals surface area (Å²) in [6.45, 7) is 0. The summed E-state index contributed by atoms with van der Waals surface area (Å²) in [5, 5.41) is 9.61. The molecule has 6 nitrogen and oxygen atoms in total. The van der Waals surface area contributed by atoms with E-state index in [1.807, 2.05) is 22.6 Å². The fourth-order valence-electron chi connectivity index (χ4n) is 2.94. The molecule has 1 aliphatic rings. The Kier molecular flexibility index (Phi) is 7.01. The number of carbonyl (C=O) groups is 1. The molecular weight excluding hydrogens is 573 g/mol. The molecule has 1 aliphatic heterocycles. The number of oxime groups is 2. The Morgan fingerprint density at radius 1 is 1.29 bits per heavy atom. The van der Waals surface area contributed by atoms with E-state index in [9.17, 15) is 18.0 Å². The molecule has 0 radical (unpaired) electrons. The van der Waals surface area contributed by atoms with Gasteiger partial charge in [-0.25, -0.2) is 0 Å². The Morgan fingerprint density at radius 2 is 1.97 bits per heavy atom. The van der Waals surface area contributed by atoms with Crippen molar-refractivity contribution in [2.75, 3.05) is 7.11 Å². The molecule has 1 unspecified atom stereocenters. The number of amides is 1. The Balaban J connectivity index is 1.91. The highest BCUT2D eigenvalue weighted by molar-refractivity contribution is 14.1. The highest BCUT2D eigenvalue weighted by Gasteiger charge is 2.62. The van der Waals surface area contributed by atoms with Crippen LogP contribution in [0.25, 0.3) is 0 Å². The van der Waals surface area contributed by atoms with Gasteiger partial charge in [-0.1, -0.05) is 39.6 Å². The minimum Gasteiger partial charge on any atom is -0.398 e. The van der Waals surface area contributed by atoms with Crippen LogP contribution in [-0.2, 0) is 15.3 Å². The maximum Gasteiger partial charge on any atom is 0.435 e. The standard InChI is InChI=1S/C19H13Cl2F3IN3O3/c1-30-27-9-26-17(29)14-3-2-10(4-15(14)25)16-8-18(31-28-16,19(22,23)24)11-5-12(20)7-13(21)6-11/h2-7,9H,8H2,1H3,(H,26,27,29). The van der Waals surface area contributed by atoms with Gasteiger partial charge >= 0.3 is 6.18 Å². The predicted octanol–water partition coefficient (Wildman–Crippen LogP) is 5.50. The molecule has 164 valence electrons. The van der Waals surface area contributed by atoms with Gasteiger partial charge in [-0.2, -0.15) is 13.2 Å². The summed E-state index contributed by atoms with van der Waals surface area (Å²) in [6, 6.07) is 8.14. The number of benzene rings is 2. The van der Waals surface area contributed by atoms with Crippen LogP contribution < -0.4 is 5.32 Å². The van der Waals surface area contributed by atoms with Gasteiger partial charge in [-0.05, 0) is 52.9 Å². The van der Waals surface area contributed by atoms with Crippen LogP contribution in [0.15, 0.2) is 46.7 Å². The molecule has 1 amide bonds. The van der Waals surface area contributed by atoms with Crippen molar-refractivity contribution in [1.82, 2.24) is 5.32 Å². The molecular formula is C19H13Cl2F3IN3O3. The average molecular weight is 586 g/mol. The molecule has 31 heavy (non-hydrogen) atoms. The topological polar surface area (TPSA) is 72.3 Å². The summed E-state index contributed by atoms with van der Waals surface area (Å²) in [4.78, 5) is 21.6. The molecule has 2 aromatic rings. The second-order valence-corrected chi connectivity index (χ2v) is 8.41. The van der Waals surface area contributed by atoms with E-state index >= 15 is 0 Å². The fraction of sp³-hybridized carbons (Fsp3) is 0.211. The minimum atomic E-state index is -4.79. The van der Waals surface area contributed by atoms with E-state index in [0.717, 1.165) is 18.5 Å². The van der Waals surface area contributed by atoms with Gasteiger partial charge in [0.2, 0.25) is 0 Å².